The van der Waals surface area contributed by atoms with Gasteiger partial charge in [0.25, 0.3) is 0 Å². The maximum atomic E-state index is 11.8. The molecule has 0 bridgehead atoms. The van der Waals surface area contributed by atoms with Crippen molar-refractivity contribution < 1.29 is 9.53 Å². The summed E-state index contributed by atoms with van der Waals surface area (Å²) in [6.07, 6.45) is 6.61. The van der Waals surface area contributed by atoms with E-state index in [2.05, 4.69) is 32.9 Å². The summed E-state index contributed by atoms with van der Waals surface area (Å²) < 4.78 is 5.93. The molecule has 0 amide bonds. The molecule has 136 valence electrons. The van der Waals surface area contributed by atoms with Gasteiger partial charge in [-0.25, -0.2) is 0 Å². The van der Waals surface area contributed by atoms with Crippen LogP contribution in [0.5, 0.6) is 11.5 Å². The Hall–Kier alpha value is -2.81. The van der Waals surface area contributed by atoms with Gasteiger partial charge in [-0.1, -0.05) is 51.1 Å². The molecule has 2 aromatic carbocycles. The van der Waals surface area contributed by atoms with Crippen LogP contribution < -0.4 is 4.74 Å². The number of hydrogen-bond acceptors (Lipinski definition) is 3. The van der Waals surface area contributed by atoms with Gasteiger partial charge in [0.05, 0.1) is 0 Å². The normalized spacial score (nSPS) is 11.9. The number of nitrogens with zero attached hydrogens (tertiary/aromatic N) is 1. The van der Waals surface area contributed by atoms with E-state index >= 15 is 0 Å². The standard InChI is InChI=1S/C23H27NO2/c1-23(2,3)19-10-13-21(14-11-19)26-22-8-6-7-18(17-22)9-12-20(25)15-16-24(4)5/h6-17H,1-5H3/b12-9+,16-15+. The van der Waals surface area contributed by atoms with Gasteiger partial charge in [0.1, 0.15) is 11.5 Å². The Morgan fingerprint density at radius 1 is 0.962 bits per heavy atom. The average molecular weight is 349 g/mol. The molecule has 26 heavy (non-hydrogen) atoms. The van der Waals surface area contributed by atoms with E-state index in [0.717, 1.165) is 17.1 Å². The predicted octanol–water partition coefficient (Wildman–Crippen LogP) is 5.43. The fraction of sp³-hybridized carbons (Fsp3) is 0.261. The second kappa shape index (κ2) is 8.52. The van der Waals surface area contributed by atoms with Crippen molar-refractivity contribution in [3.63, 3.8) is 0 Å². The van der Waals surface area contributed by atoms with Crippen LogP contribution in [0.25, 0.3) is 6.08 Å². The minimum atomic E-state index is -0.0530. The summed E-state index contributed by atoms with van der Waals surface area (Å²) in [4.78, 5) is 13.6. The van der Waals surface area contributed by atoms with Gasteiger partial charge in [-0.2, -0.15) is 0 Å². The van der Waals surface area contributed by atoms with E-state index in [0.29, 0.717) is 0 Å². The molecule has 0 atom stereocenters. The van der Waals surface area contributed by atoms with Gasteiger partial charge in [-0.05, 0) is 46.9 Å². The minimum Gasteiger partial charge on any atom is -0.457 e. The fourth-order valence-electron chi connectivity index (χ4n) is 2.30. The Kier molecular flexibility index (Phi) is 6.40. The van der Waals surface area contributed by atoms with Crippen LogP contribution in [0.4, 0.5) is 0 Å². The van der Waals surface area contributed by atoms with Crippen LogP contribution in [0, 0.1) is 0 Å². The van der Waals surface area contributed by atoms with Crippen molar-refractivity contribution in [2.45, 2.75) is 26.2 Å². The highest BCUT2D eigenvalue weighted by Gasteiger charge is 2.13. The highest BCUT2D eigenvalue weighted by Crippen LogP contribution is 2.27. The van der Waals surface area contributed by atoms with Crippen molar-refractivity contribution in [2.24, 2.45) is 0 Å². The van der Waals surface area contributed by atoms with Gasteiger partial charge >= 0.3 is 0 Å². The highest BCUT2D eigenvalue weighted by atomic mass is 16.5. The van der Waals surface area contributed by atoms with Gasteiger partial charge in [0.2, 0.25) is 0 Å². The number of allylic oxidation sites excluding steroid dienone is 2. The number of rotatable bonds is 6. The molecule has 0 saturated carbocycles. The van der Waals surface area contributed by atoms with E-state index in [9.17, 15) is 4.79 Å². The Labute approximate surface area is 156 Å². The summed E-state index contributed by atoms with van der Waals surface area (Å²) in [5.74, 6) is 1.49. The van der Waals surface area contributed by atoms with Gasteiger partial charge in [0.15, 0.2) is 5.78 Å². The lowest BCUT2D eigenvalue weighted by Crippen LogP contribution is -2.10. The third kappa shape index (κ3) is 6.25. The molecule has 2 rings (SSSR count). The SMILES string of the molecule is CN(C)/C=C/C(=O)/C=C/c1cccc(Oc2ccc(C(C)(C)C)cc2)c1. The molecule has 0 aliphatic carbocycles. The first kappa shape index (κ1) is 19.5. The topological polar surface area (TPSA) is 29.5 Å². The van der Waals surface area contributed by atoms with Crippen molar-refractivity contribution in [1.82, 2.24) is 4.90 Å². The maximum absolute atomic E-state index is 11.8. The molecular formula is C23H27NO2. The van der Waals surface area contributed by atoms with E-state index in [-0.39, 0.29) is 11.2 Å². The lowest BCUT2D eigenvalue weighted by atomic mass is 9.87. The molecule has 0 N–H and O–H groups in total. The molecule has 0 aromatic heterocycles. The fourth-order valence-corrected chi connectivity index (χ4v) is 2.30. The number of hydrogen-bond donors (Lipinski definition) is 0. The summed E-state index contributed by atoms with van der Waals surface area (Å²) in [6.45, 7) is 6.56. The van der Waals surface area contributed by atoms with E-state index in [1.165, 1.54) is 11.6 Å². The molecule has 0 unspecified atom stereocenters. The summed E-state index contributed by atoms with van der Waals surface area (Å²) >= 11 is 0. The van der Waals surface area contributed by atoms with Crippen molar-refractivity contribution in [2.75, 3.05) is 14.1 Å². The van der Waals surface area contributed by atoms with Gasteiger partial charge < -0.3 is 9.64 Å². The van der Waals surface area contributed by atoms with Crippen LogP contribution in [0.3, 0.4) is 0 Å². The van der Waals surface area contributed by atoms with Crippen molar-refractivity contribution in [3.05, 3.63) is 78.0 Å². The molecule has 0 fully saturated rings. The Morgan fingerprint density at radius 2 is 1.65 bits per heavy atom. The number of carbonyl (C=O) groups is 1. The second-order valence-corrected chi connectivity index (χ2v) is 7.46. The largest absolute Gasteiger partial charge is 0.457 e. The first-order valence-corrected chi connectivity index (χ1v) is 8.69. The van der Waals surface area contributed by atoms with Gasteiger partial charge in [-0.3, -0.25) is 4.79 Å². The zero-order valence-electron chi connectivity index (χ0n) is 16.2. The van der Waals surface area contributed by atoms with Crippen LogP contribution in [0.2, 0.25) is 0 Å². The minimum absolute atomic E-state index is 0.0530. The molecule has 0 radical (unpaired) electrons. The first-order chi connectivity index (χ1) is 12.2. The van der Waals surface area contributed by atoms with Crippen molar-refractivity contribution in [3.8, 4) is 11.5 Å². The summed E-state index contributed by atoms with van der Waals surface area (Å²) in [6, 6.07) is 15.8. The molecule has 0 spiro atoms. The highest BCUT2D eigenvalue weighted by molar-refractivity contribution is 6.01. The number of benzene rings is 2. The third-order valence-electron chi connectivity index (χ3n) is 3.79. The average Bonchev–Trinajstić information content (AvgIpc) is 2.58. The molecular weight excluding hydrogens is 322 g/mol. The third-order valence-corrected chi connectivity index (χ3v) is 3.79. The van der Waals surface area contributed by atoms with Crippen LogP contribution in [-0.2, 0) is 10.2 Å². The zero-order chi connectivity index (χ0) is 19.2. The Morgan fingerprint density at radius 3 is 2.27 bits per heavy atom. The summed E-state index contributed by atoms with van der Waals surface area (Å²) in [5.41, 5.74) is 2.31. The van der Waals surface area contributed by atoms with Crippen LogP contribution in [0.1, 0.15) is 31.9 Å². The Balaban J connectivity index is 2.06. The van der Waals surface area contributed by atoms with Crippen molar-refractivity contribution in [1.29, 1.82) is 0 Å². The monoisotopic (exact) mass is 349 g/mol. The quantitative estimate of drug-likeness (QED) is 0.651. The first-order valence-electron chi connectivity index (χ1n) is 8.69. The lowest BCUT2D eigenvalue weighted by molar-refractivity contribution is -0.110. The van der Waals surface area contributed by atoms with E-state index in [1.807, 2.05) is 55.4 Å². The molecule has 0 heterocycles. The van der Waals surface area contributed by atoms with Crippen molar-refractivity contribution >= 4 is 11.9 Å². The molecule has 2 aromatic rings. The van der Waals surface area contributed by atoms with Gasteiger partial charge in [-0.15, -0.1) is 0 Å². The molecule has 3 heteroatoms. The van der Waals surface area contributed by atoms with Gasteiger partial charge in [0, 0.05) is 26.4 Å². The predicted molar refractivity (Wildman–Crippen MR) is 109 cm³/mol. The smallest absolute Gasteiger partial charge is 0.180 e. The summed E-state index contributed by atoms with van der Waals surface area (Å²) in [7, 11) is 3.75. The number of ether oxygens (including phenoxy) is 1. The number of ketones is 1. The Bertz CT molecular complexity index is 794. The maximum Gasteiger partial charge on any atom is 0.180 e. The summed E-state index contributed by atoms with van der Waals surface area (Å²) in [5, 5.41) is 0. The second-order valence-electron chi connectivity index (χ2n) is 7.46. The van der Waals surface area contributed by atoms with E-state index in [1.54, 1.807) is 18.4 Å². The molecule has 3 nitrogen and oxygen atoms in total. The molecule has 0 aliphatic heterocycles. The zero-order valence-corrected chi connectivity index (χ0v) is 16.2. The lowest BCUT2D eigenvalue weighted by Gasteiger charge is -2.19. The van der Waals surface area contributed by atoms with E-state index < -0.39 is 0 Å². The molecule has 0 aliphatic rings. The number of carbonyl (C=O) groups excluding carboxylic acids is 1. The molecule has 0 saturated heterocycles. The van der Waals surface area contributed by atoms with Crippen LogP contribution >= 0.6 is 0 Å². The van der Waals surface area contributed by atoms with Crippen LogP contribution in [-0.4, -0.2) is 24.8 Å². The van der Waals surface area contributed by atoms with E-state index in [4.69, 9.17) is 4.74 Å². The van der Waals surface area contributed by atoms with Crippen LogP contribution in [0.15, 0.2) is 66.9 Å².